The molecule has 4 N–H and O–H groups in total. The van der Waals surface area contributed by atoms with Crippen molar-refractivity contribution in [1.82, 2.24) is 35.6 Å². The number of carbonyl (C=O) groups excluding carboxylic acids is 2. The van der Waals surface area contributed by atoms with Crippen LogP contribution in [-0.4, -0.2) is 74.3 Å². The van der Waals surface area contributed by atoms with Gasteiger partial charge in [0, 0.05) is 18.5 Å². The summed E-state index contributed by atoms with van der Waals surface area (Å²) in [6.07, 6.45) is 2.50. The van der Waals surface area contributed by atoms with Crippen molar-refractivity contribution in [2.24, 2.45) is 0 Å². The molecule has 5 heterocycles. The minimum atomic E-state index is -4.55. The third kappa shape index (κ3) is 3.83. The Balaban J connectivity index is 1.36. The number of H-pyrrole nitrogens is 1. The van der Waals surface area contributed by atoms with Gasteiger partial charge >= 0.3 is 12.2 Å². The van der Waals surface area contributed by atoms with Crippen LogP contribution in [0.1, 0.15) is 13.3 Å². The van der Waals surface area contributed by atoms with E-state index < -0.39 is 30.2 Å². The Morgan fingerprint density at radius 1 is 1.30 bits per heavy atom. The van der Waals surface area contributed by atoms with Crippen molar-refractivity contribution in [3.05, 3.63) is 42.1 Å². The summed E-state index contributed by atoms with van der Waals surface area (Å²) in [7, 11) is 0. The number of hydrogen-bond donors (Lipinski definition) is 4. The van der Waals surface area contributed by atoms with Crippen LogP contribution in [0, 0.1) is 0 Å². The normalized spacial score (nSPS) is 22.8. The number of dihydropyridines is 1. The number of amides is 3. The maximum absolute atomic E-state index is 13.3. The molecule has 1 unspecified atom stereocenters. The number of halogens is 3. The van der Waals surface area contributed by atoms with Crippen LogP contribution >= 0.6 is 0 Å². The zero-order valence-electron chi connectivity index (χ0n) is 17.5. The second-order valence-corrected chi connectivity index (χ2v) is 8.20. The van der Waals surface area contributed by atoms with Gasteiger partial charge < -0.3 is 15.5 Å². The number of hydrogen-bond acceptors (Lipinski definition) is 6. The number of fused-ring (bicyclic) bond motifs is 4. The maximum atomic E-state index is 13.3. The van der Waals surface area contributed by atoms with E-state index >= 15 is 0 Å². The fraction of sp³-hybridized carbons (Fsp3) is 0.400. The van der Waals surface area contributed by atoms with Crippen LogP contribution in [0.4, 0.5) is 23.8 Å². The van der Waals surface area contributed by atoms with Crippen LogP contribution < -0.4 is 16.0 Å². The van der Waals surface area contributed by atoms with E-state index in [-0.39, 0.29) is 6.04 Å². The van der Waals surface area contributed by atoms with Crippen molar-refractivity contribution in [2.75, 3.05) is 18.4 Å². The van der Waals surface area contributed by atoms with Crippen LogP contribution in [0.15, 0.2) is 42.1 Å². The standard InChI is InChI=1S/C20H21F3N8O2/c1-10(20(21,22)23)26-18(32)13-2-3-15-17(27-13)31(12-4-5-30(15)9-12)19(33)28-16-6-11-7-25-29-14(11)8-24-16/h2-3,6-8,10,12-13,27H,4-5,9H2,1H3,(H,25,29)(H,26,32)(H,24,28,33)/t10-,12+,13?/m1/s1. The first-order valence-electron chi connectivity index (χ1n) is 10.4. The van der Waals surface area contributed by atoms with Crippen molar-refractivity contribution in [2.45, 2.75) is 37.6 Å². The Hall–Kier alpha value is -3.77. The molecule has 33 heavy (non-hydrogen) atoms. The van der Waals surface area contributed by atoms with Crippen molar-refractivity contribution in [3.63, 3.8) is 0 Å². The minimum absolute atomic E-state index is 0.154. The lowest BCUT2D eigenvalue weighted by Crippen LogP contribution is -2.57. The zero-order valence-corrected chi connectivity index (χ0v) is 17.5. The lowest BCUT2D eigenvalue weighted by Gasteiger charge is -2.41. The molecule has 1 saturated heterocycles. The molecule has 2 bridgehead atoms. The molecule has 13 heteroatoms. The molecule has 0 aliphatic carbocycles. The van der Waals surface area contributed by atoms with Gasteiger partial charge in [0.2, 0.25) is 5.91 Å². The highest BCUT2D eigenvalue weighted by atomic mass is 19.4. The van der Waals surface area contributed by atoms with E-state index in [1.165, 1.54) is 11.0 Å². The molecule has 2 aromatic rings. The molecule has 174 valence electrons. The van der Waals surface area contributed by atoms with Crippen LogP contribution in [0.25, 0.3) is 10.9 Å². The molecule has 1 fully saturated rings. The summed E-state index contributed by atoms with van der Waals surface area (Å²) >= 11 is 0. The van der Waals surface area contributed by atoms with Gasteiger partial charge in [-0.05, 0) is 25.5 Å². The monoisotopic (exact) mass is 462 g/mol. The van der Waals surface area contributed by atoms with E-state index in [2.05, 4.69) is 30.7 Å². The predicted octanol–water partition coefficient (Wildman–Crippen LogP) is 1.64. The summed E-state index contributed by atoms with van der Waals surface area (Å²) < 4.78 is 38.6. The summed E-state index contributed by atoms with van der Waals surface area (Å²) in [4.78, 5) is 33.6. The molecule has 3 aliphatic heterocycles. The first-order chi connectivity index (χ1) is 15.7. The number of nitrogens with one attached hydrogen (secondary N) is 4. The van der Waals surface area contributed by atoms with Gasteiger partial charge in [0.1, 0.15) is 23.7 Å². The topological polar surface area (TPSA) is 118 Å². The Labute approximate surface area is 185 Å². The predicted molar refractivity (Wildman–Crippen MR) is 111 cm³/mol. The highest BCUT2D eigenvalue weighted by molar-refractivity contribution is 5.93. The number of rotatable bonds is 3. The van der Waals surface area contributed by atoms with Gasteiger partial charge in [-0.2, -0.15) is 18.3 Å². The number of aromatic amines is 1. The summed E-state index contributed by atoms with van der Waals surface area (Å²) in [6, 6.07) is -1.97. The SMILES string of the molecule is C[C@@H](NC(=O)C1C=CC2=C(N1)N(C(=O)Nc1cc3cn[nH]c3cn1)[C@H]1CCN2C1)C(F)(F)F. The molecular formula is C20H21F3N8O2. The second kappa shape index (κ2) is 7.67. The number of alkyl halides is 3. The van der Waals surface area contributed by atoms with Gasteiger partial charge in [-0.3, -0.25) is 20.1 Å². The van der Waals surface area contributed by atoms with E-state index in [1.54, 1.807) is 24.5 Å². The van der Waals surface area contributed by atoms with Crippen LogP contribution in [0.2, 0.25) is 0 Å². The van der Waals surface area contributed by atoms with Crippen LogP contribution in [0.3, 0.4) is 0 Å². The average Bonchev–Trinajstić information content (AvgIpc) is 3.40. The zero-order chi connectivity index (χ0) is 23.3. The van der Waals surface area contributed by atoms with E-state index in [0.717, 1.165) is 24.4 Å². The van der Waals surface area contributed by atoms with Crippen LogP contribution in [-0.2, 0) is 4.79 Å². The third-order valence-electron chi connectivity index (χ3n) is 6.00. The lowest BCUT2D eigenvalue weighted by molar-refractivity contribution is -0.158. The largest absolute Gasteiger partial charge is 0.408 e. The minimum Gasteiger partial charge on any atom is -0.366 e. The number of anilines is 1. The summed E-state index contributed by atoms with van der Waals surface area (Å²) in [5, 5.41) is 15.2. The molecule has 3 amide bonds. The Bertz CT molecular complexity index is 1170. The van der Waals surface area contributed by atoms with Crippen molar-refractivity contribution < 1.29 is 22.8 Å². The molecule has 0 spiro atoms. The molecule has 2 aromatic heterocycles. The Morgan fingerprint density at radius 3 is 2.91 bits per heavy atom. The third-order valence-corrected chi connectivity index (χ3v) is 6.00. The molecule has 3 atom stereocenters. The van der Waals surface area contributed by atoms with Gasteiger partial charge in [0.05, 0.1) is 29.6 Å². The lowest BCUT2D eigenvalue weighted by atomic mass is 10.1. The van der Waals surface area contributed by atoms with E-state index in [9.17, 15) is 22.8 Å². The smallest absolute Gasteiger partial charge is 0.366 e. The van der Waals surface area contributed by atoms with Crippen molar-refractivity contribution in [3.8, 4) is 0 Å². The summed E-state index contributed by atoms with van der Waals surface area (Å²) in [5.74, 6) is -0.118. The van der Waals surface area contributed by atoms with Gasteiger partial charge in [-0.1, -0.05) is 6.08 Å². The average molecular weight is 462 g/mol. The molecule has 5 rings (SSSR count). The number of carbonyl (C=O) groups is 2. The van der Waals surface area contributed by atoms with E-state index in [1.807, 2.05) is 5.32 Å². The van der Waals surface area contributed by atoms with Gasteiger partial charge in [0.15, 0.2) is 0 Å². The fourth-order valence-electron chi connectivity index (χ4n) is 4.22. The molecule has 0 radical (unpaired) electrons. The molecule has 3 aliphatic rings. The van der Waals surface area contributed by atoms with Gasteiger partial charge in [-0.25, -0.2) is 9.78 Å². The highest BCUT2D eigenvalue weighted by Crippen LogP contribution is 2.33. The van der Waals surface area contributed by atoms with Crippen molar-refractivity contribution in [1.29, 1.82) is 0 Å². The number of aromatic nitrogens is 3. The van der Waals surface area contributed by atoms with Gasteiger partial charge in [0.25, 0.3) is 0 Å². The molecule has 10 nitrogen and oxygen atoms in total. The fourth-order valence-corrected chi connectivity index (χ4v) is 4.22. The van der Waals surface area contributed by atoms with Crippen LogP contribution in [0.5, 0.6) is 0 Å². The quantitative estimate of drug-likeness (QED) is 0.551. The maximum Gasteiger partial charge on any atom is 0.408 e. The first kappa shape index (κ1) is 21.1. The molecule has 0 aromatic carbocycles. The number of allylic oxidation sites excluding steroid dienone is 1. The van der Waals surface area contributed by atoms with Crippen molar-refractivity contribution >= 4 is 28.7 Å². The number of nitrogens with zero attached hydrogens (tertiary/aromatic N) is 4. The Morgan fingerprint density at radius 2 is 2.12 bits per heavy atom. The highest BCUT2D eigenvalue weighted by Gasteiger charge is 2.43. The molecular weight excluding hydrogens is 441 g/mol. The van der Waals surface area contributed by atoms with E-state index in [4.69, 9.17) is 0 Å². The molecule has 0 saturated carbocycles. The first-order valence-corrected chi connectivity index (χ1v) is 10.4. The Kier molecular flexibility index (Phi) is 4.91. The number of urea groups is 1. The summed E-state index contributed by atoms with van der Waals surface area (Å²) in [5.41, 5.74) is 1.44. The number of pyridine rings is 1. The van der Waals surface area contributed by atoms with E-state index in [0.29, 0.717) is 30.3 Å². The summed E-state index contributed by atoms with van der Waals surface area (Å²) in [6.45, 7) is 2.22. The van der Waals surface area contributed by atoms with Gasteiger partial charge in [-0.15, -0.1) is 0 Å². The second-order valence-electron chi connectivity index (χ2n) is 8.20.